The first-order chi connectivity index (χ1) is 7.27. The van der Waals surface area contributed by atoms with Crippen LogP contribution in [0.3, 0.4) is 0 Å². The number of carbonyl (C=O) groups excluding carboxylic acids is 1. The first-order valence-electron chi connectivity index (χ1n) is 4.03. The molecular weight excluding hydrogens is 249 g/mol. The van der Waals surface area contributed by atoms with E-state index < -0.39 is 29.7 Å². The molecule has 0 bridgehead atoms. The summed E-state index contributed by atoms with van der Waals surface area (Å²) in [5.41, 5.74) is -0.727. The van der Waals surface area contributed by atoms with Crippen LogP contribution in [0.15, 0.2) is 0 Å². The molecule has 0 radical (unpaired) electrons. The van der Waals surface area contributed by atoms with Gasteiger partial charge in [0.2, 0.25) is 0 Å². The summed E-state index contributed by atoms with van der Waals surface area (Å²) in [6, 6.07) is 0. The molecule has 0 aromatic carbocycles. The molecule has 0 saturated heterocycles. The van der Waals surface area contributed by atoms with Gasteiger partial charge in [-0.15, -0.1) is 0 Å². The number of esters is 1. The minimum Gasteiger partial charge on any atom is -0.475 e. The van der Waals surface area contributed by atoms with E-state index in [0.29, 0.717) is 0 Å². The third-order valence-corrected chi connectivity index (χ3v) is 0.816. The Hall–Kier alpha value is -1.80. The highest BCUT2D eigenvalue weighted by Gasteiger charge is 2.38. The quantitative estimate of drug-likeness (QED) is 0.498. The van der Waals surface area contributed by atoms with Gasteiger partial charge in [-0.1, -0.05) is 0 Å². The topological polar surface area (TPSA) is 101 Å². The second-order valence-corrected chi connectivity index (χ2v) is 3.61. The molecule has 0 unspecified atom stereocenters. The molecule has 0 aromatic rings. The zero-order chi connectivity index (χ0) is 14.4. The summed E-state index contributed by atoms with van der Waals surface area (Å²) in [4.78, 5) is 29.1. The average Bonchev–Trinajstić information content (AvgIpc) is 1.99. The lowest BCUT2D eigenvalue weighted by molar-refractivity contribution is -0.192. The van der Waals surface area contributed by atoms with Gasteiger partial charge in [-0.2, -0.15) is 13.2 Å². The Morgan fingerprint density at radius 2 is 1.29 bits per heavy atom. The van der Waals surface area contributed by atoms with Crippen molar-refractivity contribution in [2.24, 2.45) is 0 Å². The Morgan fingerprint density at radius 3 is 1.35 bits per heavy atom. The molecule has 0 aliphatic carbocycles. The van der Waals surface area contributed by atoms with Gasteiger partial charge in [-0.05, 0) is 20.8 Å². The van der Waals surface area contributed by atoms with E-state index in [1.54, 1.807) is 20.8 Å². The first kappa shape index (κ1) is 17.6. The van der Waals surface area contributed by atoms with E-state index in [1.165, 1.54) is 0 Å². The molecule has 2 N–H and O–H groups in total. The van der Waals surface area contributed by atoms with Gasteiger partial charge in [-0.25, -0.2) is 14.4 Å². The van der Waals surface area contributed by atoms with Gasteiger partial charge in [0.25, 0.3) is 0 Å². The highest BCUT2D eigenvalue weighted by Crippen LogP contribution is 2.13. The number of alkyl halides is 3. The Balaban J connectivity index is 0. The maximum atomic E-state index is 10.6. The van der Waals surface area contributed by atoms with Gasteiger partial charge in [0, 0.05) is 0 Å². The summed E-state index contributed by atoms with van der Waals surface area (Å²) in [6.45, 7) is 4.81. The molecular formula is C8H11F3O6. The number of hydrogen-bond donors (Lipinski definition) is 2. The lowest BCUT2D eigenvalue weighted by Gasteiger charge is -2.17. The van der Waals surface area contributed by atoms with Crippen molar-refractivity contribution >= 4 is 17.9 Å². The van der Waals surface area contributed by atoms with Crippen molar-refractivity contribution in [3.63, 3.8) is 0 Å². The second-order valence-electron chi connectivity index (χ2n) is 3.61. The zero-order valence-electron chi connectivity index (χ0n) is 9.16. The van der Waals surface area contributed by atoms with Gasteiger partial charge in [0.1, 0.15) is 5.60 Å². The molecule has 0 aromatic heterocycles. The van der Waals surface area contributed by atoms with Gasteiger partial charge >= 0.3 is 24.1 Å². The molecule has 0 rings (SSSR count). The van der Waals surface area contributed by atoms with Crippen LogP contribution in [-0.2, 0) is 19.1 Å². The summed E-state index contributed by atoms with van der Waals surface area (Å²) in [6.07, 6.45) is -5.08. The molecule has 0 fully saturated rings. The molecule has 0 aliphatic rings. The number of carbonyl (C=O) groups is 3. The molecule has 0 amide bonds. The van der Waals surface area contributed by atoms with Gasteiger partial charge in [0.15, 0.2) is 0 Å². The second kappa shape index (κ2) is 6.06. The molecule has 0 atom stereocenters. The van der Waals surface area contributed by atoms with Crippen LogP contribution in [0, 0.1) is 0 Å². The number of rotatable bonds is 0. The fourth-order valence-electron chi connectivity index (χ4n) is 0.322. The van der Waals surface area contributed by atoms with Gasteiger partial charge in [0.05, 0.1) is 0 Å². The summed E-state index contributed by atoms with van der Waals surface area (Å²) in [7, 11) is 0. The van der Waals surface area contributed by atoms with Crippen LogP contribution in [0.2, 0.25) is 0 Å². The van der Waals surface area contributed by atoms with E-state index in [1.807, 2.05) is 0 Å². The fraction of sp³-hybridized carbons (Fsp3) is 0.625. The Kier molecular flexibility index (Phi) is 6.27. The van der Waals surface area contributed by atoms with E-state index in [-0.39, 0.29) is 0 Å². The number of hydrogen-bond acceptors (Lipinski definition) is 4. The molecule has 0 aliphatic heterocycles. The molecule has 0 saturated carbocycles. The Morgan fingerprint density at radius 1 is 1.00 bits per heavy atom. The highest BCUT2D eigenvalue weighted by molar-refractivity contribution is 6.28. The number of carboxylic acids is 2. The van der Waals surface area contributed by atoms with Crippen LogP contribution in [0.5, 0.6) is 0 Å². The van der Waals surface area contributed by atoms with Crippen LogP contribution >= 0.6 is 0 Å². The summed E-state index contributed by atoms with van der Waals surface area (Å²) >= 11 is 0. The lowest BCUT2D eigenvalue weighted by Crippen LogP contribution is -2.28. The van der Waals surface area contributed by atoms with Crippen molar-refractivity contribution in [1.82, 2.24) is 0 Å². The van der Waals surface area contributed by atoms with Gasteiger partial charge in [-0.3, -0.25) is 0 Å². The van der Waals surface area contributed by atoms with Crippen molar-refractivity contribution in [3.05, 3.63) is 0 Å². The number of aliphatic carboxylic acids is 2. The fourth-order valence-corrected chi connectivity index (χ4v) is 0.322. The third-order valence-electron chi connectivity index (χ3n) is 0.816. The van der Waals surface area contributed by atoms with Crippen molar-refractivity contribution in [2.75, 3.05) is 0 Å². The maximum absolute atomic E-state index is 10.6. The Bertz CT molecular complexity index is 301. The summed E-state index contributed by atoms with van der Waals surface area (Å²) < 4.78 is 36.2. The van der Waals surface area contributed by atoms with Gasteiger partial charge < -0.3 is 14.9 Å². The minimum absolute atomic E-state index is 0.727. The normalized spacial score (nSPS) is 10.9. The number of carboxylic acid groups (broad SMARTS) is 2. The maximum Gasteiger partial charge on any atom is 0.490 e. The molecule has 6 nitrogen and oxygen atoms in total. The van der Waals surface area contributed by atoms with Crippen molar-refractivity contribution in [1.29, 1.82) is 0 Å². The molecule has 17 heavy (non-hydrogen) atoms. The molecule has 9 heteroatoms. The lowest BCUT2D eigenvalue weighted by atomic mass is 10.2. The van der Waals surface area contributed by atoms with E-state index in [0.717, 1.165) is 0 Å². The van der Waals surface area contributed by atoms with E-state index in [2.05, 4.69) is 4.74 Å². The summed E-state index contributed by atoms with van der Waals surface area (Å²) in [5.74, 6) is -5.53. The monoisotopic (exact) mass is 260 g/mol. The van der Waals surface area contributed by atoms with Crippen LogP contribution in [0.4, 0.5) is 13.2 Å². The molecule has 0 heterocycles. The van der Waals surface area contributed by atoms with E-state index in [4.69, 9.17) is 15.0 Å². The summed E-state index contributed by atoms with van der Waals surface area (Å²) in [5, 5.41) is 15.2. The third kappa shape index (κ3) is 12.1. The van der Waals surface area contributed by atoms with Crippen LogP contribution in [0.1, 0.15) is 20.8 Å². The SMILES string of the molecule is CC(C)(C)OC(=O)C(=O)O.O=C(O)C(F)(F)F. The highest BCUT2D eigenvalue weighted by atomic mass is 19.4. The predicted octanol–water partition coefficient (Wildman–Crippen LogP) is 1.05. The van der Waals surface area contributed by atoms with Crippen LogP contribution in [0.25, 0.3) is 0 Å². The first-order valence-corrected chi connectivity index (χ1v) is 4.03. The smallest absolute Gasteiger partial charge is 0.475 e. The average molecular weight is 260 g/mol. The largest absolute Gasteiger partial charge is 0.490 e. The Labute approximate surface area is 94.0 Å². The van der Waals surface area contributed by atoms with E-state index >= 15 is 0 Å². The zero-order valence-corrected chi connectivity index (χ0v) is 9.16. The number of ether oxygens (including phenoxy) is 1. The van der Waals surface area contributed by atoms with Crippen molar-refractivity contribution in [2.45, 2.75) is 32.5 Å². The number of halogens is 3. The molecule has 0 spiro atoms. The van der Waals surface area contributed by atoms with E-state index in [9.17, 15) is 22.8 Å². The van der Waals surface area contributed by atoms with Crippen molar-refractivity contribution < 1.29 is 42.5 Å². The van der Waals surface area contributed by atoms with Crippen LogP contribution in [-0.4, -0.2) is 39.9 Å². The molecule has 100 valence electrons. The standard InChI is InChI=1S/C6H10O4.C2HF3O2/c1-6(2,3)10-5(9)4(7)8;3-2(4,5)1(6)7/h1-3H3,(H,7,8);(H,6,7). The minimum atomic E-state index is -5.08. The van der Waals surface area contributed by atoms with Crippen LogP contribution < -0.4 is 0 Å². The van der Waals surface area contributed by atoms with Crippen molar-refractivity contribution in [3.8, 4) is 0 Å². The predicted molar refractivity (Wildman–Crippen MR) is 47.2 cm³/mol.